The maximum Gasteiger partial charge on any atom is 0.271 e. The number of alkyl halides is 1. The molecule has 1 aromatic rings. The van der Waals surface area contributed by atoms with E-state index in [4.69, 9.17) is 16.3 Å². The number of amides is 1. The van der Waals surface area contributed by atoms with Gasteiger partial charge in [-0.1, -0.05) is 0 Å². The van der Waals surface area contributed by atoms with Gasteiger partial charge < -0.3 is 9.64 Å². The number of hydrogen-bond acceptors (Lipinski definition) is 3. The molecule has 16 heavy (non-hydrogen) atoms. The van der Waals surface area contributed by atoms with Crippen LogP contribution in [0.2, 0.25) is 0 Å². The number of ether oxygens (including phenoxy) is 1. The van der Waals surface area contributed by atoms with Gasteiger partial charge in [-0.3, -0.25) is 9.48 Å². The Morgan fingerprint density at radius 3 is 2.94 bits per heavy atom. The lowest BCUT2D eigenvalue weighted by atomic mass is 10.3. The molecule has 0 aliphatic rings. The Bertz CT molecular complexity index is 354. The molecule has 5 nitrogen and oxygen atoms in total. The minimum atomic E-state index is -0.202. The molecule has 1 unspecified atom stereocenters. The summed E-state index contributed by atoms with van der Waals surface area (Å²) in [5.74, 6) is -0.0956. The van der Waals surface area contributed by atoms with Crippen LogP contribution in [0.25, 0.3) is 0 Å². The number of carbonyl (C=O) groups excluding carboxylic acids is 1. The first-order chi connectivity index (χ1) is 7.56. The molecule has 0 bridgehead atoms. The third kappa shape index (κ3) is 3.21. The van der Waals surface area contributed by atoms with Crippen molar-refractivity contribution in [3.63, 3.8) is 0 Å². The van der Waals surface area contributed by atoms with Gasteiger partial charge in [0, 0.05) is 33.9 Å². The molecule has 0 aliphatic heterocycles. The molecule has 0 radical (unpaired) electrons. The molecule has 90 valence electrons. The minimum Gasteiger partial charge on any atom is -0.383 e. The lowest BCUT2D eigenvalue weighted by Crippen LogP contribution is -2.34. The highest BCUT2D eigenvalue weighted by atomic mass is 35.5. The van der Waals surface area contributed by atoms with Crippen molar-refractivity contribution in [3.05, 3.63) is 18.0 Å². The number of rotatable bonds is 5. The molecule has 0 N–H and O–H groups in total. The summed E-state index contributed by atoms with van der Waals surface area (Å²) in [5, 5.41) is 3.75. The van der Waals surface area contributed by atoms with Crippen LogP contribution < -0.4 is 0 Å². The van der Waals surface area contributed by atoms with Crippen molar-refractivity contribution < 1.29 is 9.53 Å². The van der Waals surface area contributed by atoms with E-state index in [-0.39, 0.29) is 11.3 Å². The topological polar surface area (TPSA) is 47.4 Å². The predicted octanol–water partition coefficient (Wildman–Crippen LogP) is 0.746. The Morgan fingerprint density at radius 1 is 1.75 bits per heavy atom. The van der Waals surface area contributed by atoms with Gasteiger partial charge in [-0.15, -0.1) is 11.6 Å². The third-order valence-electron chi connectivity index (χ3n) is 2.21. The lowest BCUT2D eigenvalue weighted by Gasteiger charge is -2.19. The highest BCUT2D eigenvalue weighted by Gasteiger charge is 2.17. The van der Waals surface area contributed by atoms with Gasteiger partial charge in [0.15, 0.2) is 0 Å². The first-order valence-corrected chi connectivity index (χ1v) is 5.36. The monoisotopic (exact) mass is 245 g/mol. The molecule has 0 saturated carbocycles. The molecule has 0 saturated heterocycles. The average Bonchev–Trinajstić information content (AvgIpc) is 2.63. The number of carbonyl (C=O) groups is 1. The van der Waals surface area contributed by atoms with E-state index < -0.39 is 0 Å². The van der Waals surface area contributed by atoms with Gasteiger partial charge in [-0.2, -0.15) is 5.10 Å². The van der Waals surface area contributed by atoms with Crippen LogP contribution in [0, 0.1) is 0 Å². The molecule has 1 aromatic heterocycles. The normalized spacial score (nSPS) is 12.5. The number of nitrogens with zero attached hydrogens (tertiary/aromatic N) is 3. The number of hydrogen-bond donors (Lipinski definition) is 0. The highest BCUT2D eigenvalue weighted by Crippen LogP contribution is 2.05. The molecule has 0 spiro atoms. The molecule has 1 atom stereocenters. The predicted molar refractivity (Wildman–Crippen MR) is 61.7 cm³/mol. The van der Waals surface area contributed by atoms with Gasteiger partial charge in [0.05, 0.1) is 12.0 Å². The lowest BCUT2D eigenvalue weighted by molar-refractivity contribution is 0.0771. The Kier molecular flexibility index (Phi) is 4.76. The Labute approximate surface area is 99.9 Å². The molecule has 0 fully saturated rings. The largest absolute Gasteiger partial charge is 0.383 e. The van der Waals surface area contributed by atoms with Gasteiger partial charge in [0.1, 0.15) is 5.69 Å². The number of methoxy groups -OCH3 is 1. The van der Waals surface area contributed by atoms with Gasteiger partial charge in [-0.25, -0.2) is 0 Å². The van der Waals surface area contributed by atoms with E-state index in [1.54, 1.807) is 43.1 Å². The van der Waals surface area contributed by atoms with Gasteiger partial charge in [0.2, 0.25) is 0 Å². The van der Waals surface area contributed by atoms with Crippen molar-refractivity contribution in [1.82, 2.24) is 14.7 Å². The van der Waals surface area contributed by atoms with Crippen LogP contribution in [0.4, 0.5) is 0 Å². The van der Waals surface area contributed by atoms with Crippen molar-refractivity contribution in [2.45, 2.75) is 5.38 Å². The van der Waals surface area contributed by atoms with E-state index in [1.165, 1.54) is 0 Å². The summed E-state index contributed by atoms with van der Waals surface area (Å²) in [6, 6.07) is 1.68. The van der Waals surface area contributed by atoms with E-state index in [9.17, 15) is 4.79 Å². The van der Waals surface area contributed by atoms with Crippen LogP contribution in [0.5, 0.6) is 0 Å². The maximum atomic E-state index is 11.9. The van der Waals surface area contributed by atoms with Crippen LogP contribution >= 0.6 is 11.6 Å². The van der Waals surface area contributed by atoms with Crippen molar-refractivity contribution in [2.24, 2.45) is 7.05 Å². The zero-order chi connectivity index (χ0) is 12.1. The first-order valence-electron chi connectivity index (χ1n) is 4.92. The SMILES string of the molecule is COCC(Cl)CN(C)C(=O)c1ccnn1C. The van der Waals surface area contributed by atoms with Crippen LogP contribution in [0.3, 0.4) is 0 Å². The third-order valence-corrected chi connectivity index (χ3v) is 2.47. The molecule has 1 rings (SSSR count). The Hall–Kier alpha value is -1.07. The van der Waals surface area contributed by atoms with E-state index >= 15 is 0 Å². The van der Waals surface area contributed by atoms with Crippen molar-refractivity contribution >= 4 is 17.5 Å². The average molecular weight is 246 g/mol. The van der Waals surface area contributed by atoms with E-state index in [1.807, 2.05) is 0 Å². The van der Waals surface area contributed by atoms with E-state index in [0.29, 0.717) is 18.8 Å². The standard InChI is InChI=1S/C10H16ClN3O2/c1-13(6-8(11)7-16-3)10(15)9-4-5-12-14(9)2/h4-5,8H,6-7H2,1-3H3. The van der Waals surface area contributed by atoms with Crippen molar-refractivity contribution in [3.8, 4) is 0 Å². The zero-order valence-corrected chi connectivity index (χ0v) is 10.4. The summed E-state index contributed by atoms with van der Waals surface area (Å²) in [7, 11) is 5.02. The molecular formula is C10H16ClN3O2. The highest BCUT2D eigenvalue weighted by molar-refractivity contribution is 6.21. The van der Waals surface area contributed by atoms with E-state index in [2.05, 4.69) is 5.10 Å². The fourth-order valence-corrected chi connectivity index (χ4v) is 1.73. The summed E-state index contributed by atoms with van der Waals surface area (Å²) in [6.07, 6.45) is 1.59. The number of aromatic nitrogens is 2. The van der Waals surface area contributed by atoms with Gasteiger partial charge in [0.25, 0.3) is 5.91 Å². The van der Waals surface area contributed by atoms with Crippen molar-refractivity contribution in [2.75, 3.05) is 27.3 Å². The van der Waals surface area contributed by atoms with E-state index in [0.717, 1.165) is 0 Å². The Balaban J connectivity index is 2.58. The molecule has 0 aromatic carbocycles. The summed E-state index contributed by atoms with van der Waals surface area (Å²) >= 11 is 5.98. The maximum absolute atomic E-state index is 11.9. The van der Waals surface area contributed by atoms with Crippen LogP contribution in [-0.2, 0) is 11.8 Å². The van der Waals surface area contributed by atoms with Gasteiger partial charge >= 0.3 is 0 Å². The van der Waals surface area contributed by atoms with Crippen LogP contribution in [-0.4, -0.2) is 53.3 Å². The molecular weight excluding hydrogens is 230 g/mol. The molecule has 0 aliphatic carbocycles. The smallest absolute Gasteiger partial charge is 0.271 e. The number of aryl methyl sites for hydroxylation is 1. The second kappa shape index (κ2) is 5.86. The quantitative estimate of drug-likeness (QED) is 0.719. The van der Waals surface area contributed by atoms with Gasteiger partial charge in [-0.05, 0) is 6.07 Å². The fourth-order valence-electron chi connectivity index (χ4n) is 1.39. The Morgan fingerprint density at radius 2 is 2.44 bits per heavy atom. The molecule has 6 heteroatoms. The second-order valence-electron chi connectivity index (χ2n) is 3.58. The summed E-state index contributed by atoms with van der Waals surface area (Å²) < 4.78 is 6.45. The molecule has 1 heterocycles. The summed E-state index contributed by atoms with van der Waals surface area (Å²) in [6.45, 7) is 0.865. The van der Waals surface area contributed by atoms with Crippen LogP contribution in [0.15, 0.2) is 12.3 Å². The zero-order valence-electron chi connectivity index (χ0n) is 9.68. The number of halogens is 1. The summed E-state index contributed by atoms with van der Waals surface area (Å²) in [4.78, 5) is 13.5. The minimum absolute atomic E-state index is 0.0956. The van der Waals surface area contributed by atoms with Crippen molar-refractivity contribution in [1.29, 1.82) is 0 Å². The second-order valence-corrected chi connectivity index (χ2v) is 4.20. The summed E-state index contributed by atoms with van der Waals surface area (Å²) in [5.41, 5.74) is 0.545. The molecule has 1 amide bonds. The van der Waals surface area contributed by atoms with Crippen LogP contribution in [0.1, 0.15) is 10.5 Å². The fraction of sp³-hybridized carbons (Fsp3) is 0.600. The first kappa shape index (κ1) is 13.0.